The van der Waals surface area contributed by atoms with Crippen molar-refractivity contribution in [1.82, 2.24) is 0 Å². The van der Waals surface area contributed by atoms with Crippen LogP contribution in [0.1, 0.15) is 86.5 Å². The summed E-state index contributed by atoms with van der Waals surface area (Å²) in [5.41, 5.74) is 6.51. The van der Waals surface area contributed by atoms with E-state index in [1.165, 1.54) is 36.5 Å². The number of Topliss-reactive ketones (excluding diaryl/α,β-unsaturated/α-hetero) is 2. The number of carbonyl (C=O) groups excluding carboxylic acids is 2. The van der Waals surface area contributed by atoms with Crippen molar-refractivity contribution in [1.29, 1.82) is 0 Å². The molecule has 1 aliphatic carbocycles. The van der Waals surface area contributed by atoms with Gasteiger partial charge in [0.1, 0.15) is 0 Å². The number of ether oxygens (including phenoxy) is 2. The first-order chi connectivity index (χ1) is 15.6. The Morgan fingerprint density at radius 3 is 1.58 bits per heavy atom. The highest BCUT2D eigenvalue weighted by Crippen LogP contribution is 2.26. The Morgan fingerprint density at radius 2 is 1.12 bits per heavy atom. The van der Waals surface area contributed by atoms with E-state index in [4.69, 9.17) is 9.47 Å². The fraction of sp³-hybridized carbons (Fsp3) is 0.586. The van der Waals surface area contributed by atoms with Gasteiger partial charge in [0.05, 0.1) is 0 Å². The van der Waals surface area contributed by atoms with Crippen LogP contribution in [0, 0.1) is 0 Å². The number of methoxy groups -OCH3 is 2. The van der Waals surface area contributed by atoms with Crippen molar-refractivity contribution in [3.05, 3.63) is 57.7 Å². The number of ketones is 2. The Labute approximate surface area is 201 Å². The molecule has 1 aliphatic rings. The smallest absolute Gasteiger partial charge is 0.191 e. The predicted molar refractivity (Wildman–Crippen MR) is 137 cm³/mol. The van der Waals surface area contributed by atoms with Gasteiger partial charge < -0.3 is 9.47 Å². The molecule has 0 bridgehead atoms. The Morgan fingerprint density at radius 1 is 0.697 bits per heavy atom. The molecule has 4 nitrogen and oxygen atoms in total. The van der Waals surface area contributed by atoms with Crippen molar-refractivity contribution in [2.45, 2.75) is 98.7 Å². The van der Waals surface area contributed by atoms with Gasteiger partial charge in [-0.1, -0.05) is 46.6 Å². The van der Waals surface area contributed by atoms with Crippen molar-refractivity contribution in [3.8, 4) is 0 Å². The van der Waals surface area contributed by atoms with E-state index < -0.39 is 12.2 Å². The van der Waals surface area contributed by atoms with Crippen molar-refractivity contribution >= 4 is 11.6 Å². The summed E-state index contributed by atoms with van der Waals surface area (Å²) < 4.78 is 10.5. The average Bonchev–Trinajstić information content (AvgIpc) is 2.75. The van der Waals surface area contributed by atoms with Crippen LogP contribution in [0.2, 0.25) is 0 Å². The van der Waals surface area contributed by atoms with Crippen molar-refractivity contribution in [2.75, 3.05) is 14.2 Å². The summed E-state index contributed by atoms with van der Waals surface area (Å²) in [4.78, 5) is 25.3. The number of rotatable bonds is 13. The number of hydrogen-bond donors (Lipinski definition) is 0. The molecule has 0 aromatic heterocycles. The molecule has 184 valence electrons. The highest BCUT2D eigenvalue weighted by molar-refractivity contribution is 6.16. The van der Waals surface area contributed by atoms with Gasteiger partial charge in [-0.3, -0.25) is 9.59 Å². The summed E-state index contributed by atoms with van der Waals surface area (Å²) >= 11 is 0. The minimum absolute atomic E-state index is 0.148. The molecule has 0 heterocycles. The highest BCUT2D eigenvalue weighted by Gasteiger charge is 2.41. The average molecular weight is 457 g/mol. The first kappa shape index (κ1) is 29.0. The SMILES string of the molecule is CO[C@@H]1C(=O)C(C)=C(C/C=C(\C)CC/C=C(\C)CC/C=C(\C)CCC=C(C)C)C(=O)[C@H]1OC. The molecule has 0 N–H and O–H groups in total. The lowest BCUT2D eigenvalue weighted by Gasteiger charge is -2.29. The molecule has 33 heavy (non-hydrogen) atoms. The van der Waals surface area contributed by atoms with Crippen LogP contribution >= 0.6 is 0 Å². The Hall–Kier alpha value is -2.04. The van der Waals surface area contributed by atoms with Gasteiger partial charge in [-0.2, -0.15) is 0 Å². The molecule has 0 aromatic carbocycles. The summed E-state index contributed by atoms with van der Waals surface area (Å²) in [7, 11) is 2.88. The minimum atomic E-state index is -0.856. The quantitative estimate of drug-likeness (QED) is 0.279. The van der Waals surface area contributed by atoms with Gasteiger partial charge in [-0.25, -0.2) is 0 Å². The van der Waals surface area contributed by atoms with Gasteiger partial charge in [0.25, 0.3) is 0 Å². The topological polar surface area (TPSA) is 52.6 Å². The van der Waals surface area contributed by atoms with E-state index in [-0.39, 0.29) is 11.6 Å². The van der Waals surface area contributed by atoms with E-state index in [0.717, 1.165) is 38.5 Å². The molecule has 0 aromatic rings. The lowest BCUT2D eigenvalue weighted by molar-refractivity contribution is -0.146. The number of allylic oxidation sites excluding steroid dienone is 8. The van der Waals surface area contributed by atoms with E-state index >= 15 is 0 Å². The van der Waals surface area contributed by atoms with Crippen LogP contribution in [0.15, 0.2) is 57.7 Å². The van der Waals surface area contributed by atoms with E-state index in [1.54, 1.807) is 6.92 Å². The predicted octanol–water partition coefficient (Wildman–Crippen LogP) is 7.02. The molecular formula is C29H44O4. The van der Waals surface area contributed by atoms with Gasteiger partial charge in [-0.05, 0) is 86.5 Å². The van der Waals surface area contributed by atoms with E-state index in [9.17, 15) is 9.59 Å². The van der Waals surface area contributed by atoms with Crippen molar-refractivity contribution in [2.24, 2.45) is 0 Å². The van der Waals surface area contributed by atoms with Crippen LogP contribution in [0.25, 0.3) is 0 Å². The van der Waals surface area contributed by atoms with Gasteiger partial charge in [-0.15, -0.1) is 0 Å². The molecule has 4 heteroatoms. The van der Waals surface area contributed by atoms with Crippen molar-refractivity contribution < 1.29 is 19.1 Å². The van der Waals surface area contributed by atoms with Crippen LogP contribution in [0.4, 0.5) is 0 Å². The molecule has 0 fully saturated rings. The first-order valence-electron chi connectivity index (χ1n) is 12.1. The van der Waals surface area contributed by atoms with Crippen molar-refractivity contribution in [3.63, 3.8) is 0 Å². The maximum Gasteiger partial charge on any atom is 0.191 e. The monoisotopic (exact) mass is 456 g/mol. The minimum Gasteiger partial charge on any atom is -0.370 e. The second-order valence-corrected chi connectivity index (χ2v) is 9.40. The maximum absolute atomic E-state index is 12.8. The zero-order valence-electron chi connectivity index (χ0n) is 22.0. The van der Waals surface area contributed by atoms with Gasteiger partial charge in [0.2, 0.25) is 0 Å². The zero-order chi connectivity index (χ0) is 25.0. The fourth-order valence-electron chi connectivity index (χ4n) is 3.97. The third kappa shape index (κ3) is 9.77. The largest absolute Gasteiger partial charge is 0.370 e. The van der Waals surface area contributed by atoms with E-state index in [1.807, 2.05) is 0 Å². The second kappa shape index (κ2) is 15.0. The molecule has 0 unspecified atom stereocenters. The molecule has 2 atom stereocenters. The van der Waals surface area contributed by atoms with Crippen LogP contribution in [-0.4, -0.2) is 38.0 Å². The molecule has 0 saturated carbocycles. The molecule has 0 aliphatic heterocycles. The Balaban J connectivity index is 2.55. The summed E-state index contributed by atoms with van der Waals surface area (Å²) in [6.45, 7) is 12.5. The Bertz CT molecular complexity index is 832. The molecular weight excluding hydrogens is 412 g/mol. The number of hydrogen-bond acceptors (Lipinski definition) is 4. The molecule has 0 amide bonds. The lowest BCUT2D eigenvalue weighted by Crippen LogP contribution is -2.47. The fourth-order valence-corrected chi connectivity index (χ4v) is 3.97. The molecule has 0 radical (unpaired) electrons. The maximum atomic E-state index is 12.8. The van der Waals surface area contributed by atoms with Gasteiger partial charge in [0.15, 0.2) is 23.8 Å². The standard InChI is InChI=1S/C29H44O4/c1-20(2)12-9-13-21(3)14-10-15-22(4)16-11-17-23(5)18-19-25-24(6)26(30)28(32-7)29(33-8)27(25)31/h12,14,16,18,28-29H,9-11,13,15,17,19H2,1-8H3/b21-14+,22-16+,23-18+/t28-,29-/m1/s1. The van der Waals surface area contributed by atoms with Crippen LogP contribution in [0.3, 0.4) is 0 Å². The third-order valence-corrected chi connectivity index (χ3v) is 6.23. The van der Waals surface area contributed by atoms with Gasteiger partial charge >= 0.3 is 0 Å². The van der Waals surface area contributed by atoms with Crippen LogP contribution in [-0.2, 0) is 19.1 Å². The van der Waals surface area contributed by atoms with E-state index in [0.29, 0.717) is 17.6 Å². The molecule has 1 rings (SSSR count). The van der Waals surface area contributed by atoms with Gasteiger partial charge in [0, 0.05) is 25.4 Å². The molecule has 0 saturated heterocycles. The summed E-state index contributed by atoms with van der Waals surface area (Å²) in [6.07, 6.45) is 14.1. The normalized spacial score (nSPS) is 20.5. The summed E-state index contributed by atoms with van der Waals surface area (Å²) in [6, 6.07) is 0. The highest BCUT2D eigenvalue weighted by atomic mass is 16.5. The summed E-state index contributed by atoms with van der Waals surface area (Å²) in [5.74, 6) is -0.310. The summed E-state index contributed by atoms with van der Waals surface area (Å²) in [5, 5.41) is 0. The lowest BCUT2D eigenvalue weighted by atomic mass is 9.84. The van der Waals surface area contributed by atoms with E-state index in [2.05, 4.69) is 58.9 Å². The Kier molecular flexibility index (Phi) is 13.2. The first-order valence-corrected chi connectivity index (χ1v) is 12.1. The second-order valence-electron chi connectivity index (χ2n) is 9.40. The zero-order valence-corrected chi connectivity index (χ0v) is 22.0. The number of carbonyl (C=O) groups is 2. The van der Waals surface area contributed by atoms with Crippen LogP contribution < -0.4 is 0 Å². The third-order valence-electron chi connectivity index (χ3n) is 6.23. The van der Waals surface area contributed by atoms with Crippen LogP contribution in [0.5, 0.6) is 0 Å². The molecule has 0 spiro atoms.